The summed E-state index contributed by atoms with van der Waals surface area (Å²) in [5.74, 6) is 0.378. The lowest BCUT2D eigenvalue weighted by Gasteiger charge is -2.21. The van der Waals surface area contributed by atoms with Gasteiger partial charge in [-0.15, -0.1) is 11.6 Å². The predicted octanol–water partition coefficient (Wildman–Crippen LogP) is 3.33. The summed E-state index contributed by atoms with van der Waals surface area (Å²) in [6.07, 6.45) is 0. The normalized spacial score (nSPS) is 11.2. The molecule has 0 radical (unpaired) electrons. The van der Waals surface area contributed by atoms with E-state index in [1.165, 1.54) is 0 Å². The summed E-state index contributed by atoms with van der Waals surface area (Å²) in [6.45, 7) is 4.54. The third-order valence-corrected chi connectivity index (χ3v) is 3.13. The maximum Gasteiger partial charge on any atom is 0.251 e. The van der Waals surface area contributed by atoms with Gasteiger partial charge < -0.3 is 5.32 Å². The molecule has 0 saturated heterocycles. The van der Waals surface area contributed by atoms with Crippen LogP contribution in [0.3, 0.4) is 0 Å². The Bertz CT molecular complexity index is 377. The van der Waals surface area contributed by atoms with E-state index in [1.54, 1.807) is 24.3 Å². The molecule has 2 nitrogen and oxygen atoms in total. The number of rotatable bonds is 4. The molecule has 1 N–H and O–H groups in total. The number of halogens is 2. The third kappa shape index (κ3) is 4.03. The molecule has 0 fully saturated rings. The van der Waals surface area contributed by atoms with Gasteiger partial charge >= 0.3 is 0 Å². The molecule has 0 bridgehead atoms. The summed E-state index contributed by atoms with van der Waals surface area (Å²) >= 11 is 11.6. The lowest BCUT2D eigenvalue weighted by molar-refractivity contribution is 0.0940. The first-order chi connectivity index (χ1) is 7.44. The number of amides is 1. The van der Waals surface area contributed by atoms with Crippen LogP contribution in [0.5, 0.6) is 0 Å². The van der Waals surface area contributed by atoms with Gasteiger partial charge in [0.05, 0.1) is 0 Å². The molecule has 0 aliphatic rings. The molecular formula is C12H15Cl2NO. The standard InChI is InChI=1S/C12H15Cl2NO/c1-12(2,7-13)8-15-11(16)9-4-3-5-10(14)6-9/h3-6H,7-8H2,1-2H3,(H,15,16). The van der Waals surface area contributed by atoms with Gasteiger partial charge in [-0.2, -0.15) is 0 Å². The van der Waals surface area contributed by atoms with E-state index < -0.39 is 0 Å². The van der Waals surface area contributed by atoms with E-state index in [0.29, 0.717) is 23.0 Å². The van der Waals surface area contributed by atoms with Crippen LogP contribution in [0.1, 0.15) is 24.2 Å². The van der Waals surface area contributed by atoms with Crippen LogP contribution in [0.4, 0.5) is 0 Å². The Labute approximate surface area is 106 Å². The van der Waals surface area contributed by atoms with Crippen LogP contribution >= 0.6 is 23.2 Å². The minimum atomic E-state index is -0.124. The molecule has 0 spiro atoms. The molecule has 1 rings (SSSR count). The van der Waals surface area contributed by atoms with Crippen LogP contribution in [-0.2, 0) is 0 Å². The fraction of sp³-hybridized carbons (Fsp3) is 0.417. The van der Waals surface area contributed by atoms with Crippen molar-refractivity contribution in [2.75, 3.05) is 12.4 Å². The molecule has 0 aliphatic heterocycles. The van der Waals surface area contributed by atoms with Crippen LogP contribution in [0, 0.1) is 5.41 Å². The van der Waals surface area contributed by atoms with Crippen LogP contribution < -0.4 is 5.32 Å². The van der Waals surface area contributed by atoms with Crippen molar-refractivity contribution in [3.05, 3.63) is 34.9 Å². The Hall–Kier alpha value is -0.730. The molecule has 0 saturated carbocycles. The Kier molecular flexibility index (Phi) is 4.63. The van der Waals surface area contributed by atoms with Gasteiger partial charge in [-0.3, -0.25) is 4.79 Å². The van der Waals surface area contributed by atoms with E-state index in [9.17, 15) is 4.79 Å². The average molecular weight is 260 g/mol. The SMILES string of the molecule is CC(C)(CCl)CNC(=O)c1cccc(Cl)c1. The average Bonchev–Trinajstić information content (AvgIpc) is 2.26. The Morgan fingerprint density at radius 2 is 2.12 bits per heavy atom. The molecule has 0 aromatic heterocycles. The molecule has 4 heteroatoms. The van der Waals surface area contributed by atoms with Gasteiger partial charge in [0.15, 0.2) is 0 Å². The highest BCUT2D eigenvalue weighted by atomic mass is 35.5. The summed E-state index contributed by atoms with van der Waals surface area (Å²) in [4.78, 5) is 11.7. The molecule has 0 atom stereocenters. The Morgan fingerprint density at radius 3 is 2.69 bits per heavy atom. The van der Waals surface area contributed by atoms with Crippen LogP contribution in [0.15, 0.2) is 24.3 Å². The van der Waals surface area contributed by atoms with Gasteiger partial charge in [-0.25, -0.2) is 0 Å². The predicted molar refractivity (Wildman–Crippen MR) is 68.3 cm³/mol. The van der Waals surface area contributed by atoms with Crippen molar-refractivity contribution in [1.82, 2.24) is 5.32 Å². The van der Waals surface area contributed by atoms with Crippen molar-refractivity contribution in [2.24, 2.45) is 5.41 Å². The maximum absolute atomic E-state index is 11.7. The lowest BCUT2D eigenvalue weighted by atomic mass is 9.96. The number of alkyl halides is 1. The van der Waals surface area contributed by atoms with E-state index in [-0.39, 0.29) is 11.3 Å². The van der Waals surface area contributed by atoms with Gasteiger partial charge in [0.25, 0.3) is 5.91 Å². The van der Waals surface area contributed by atoms with Gasteiger partial charge in [0, 0.05) is 23.0 Å². The van der Waals surface area contributed by atoms with Crippen molar-refractivity contribution in [2.45, 2.75) is 13.8 Å². The van der Waals surface area contributed by atoms with Crippen LogP contribution in [-0.4, -0.2) is 18.3 Å². The smallest absolute Gasteiger partial charge is 0.251 e. The van der Waals surface area contributed by atoms with E-state index in [4.69, 9.17) is 23.2 Å². The van der Waals surface area contributed by atoms with E-state index >= 15 is 0 Å². The molecular weight excluding hydrogens is 245 g/mol. The van der Waals surface area contributed by atoms with Crippen molar-refractivity contribution in [1.29, 1.82) is 0 Å². The van der Waals surface area contributed by atoms with Crippen LogP contribution in [0.25, 0.3) is 0 Å². The summed E-state index contributed by atoms with van der Waals surface area (Å²) in [5.41, 5.74) is 0.466. The number of benzene rings is 1. The molecule has 16 heavy (non-hydrogen) atoms. The van der Waals surface area contributed by atoms with E-state index in [2.05, 4.69) is 5.32 Å². The summed E-state index contributed by atoms with van der Waals surface area (Å²) in [6, 6.07) is 6.87. The van der Waals surface area contributed by atoms with Gasteiger partial charge in [0.1, 0.15) is 0 Å². The van der Waals surface area contributed by atoms with Crippen molar-refractivity contribution >= 4 is 29.1 Å². The first kappa shape index (κ1) is 13.3. The van der Waals surface area contributed by atoms with Gasteiger partial charge in [-0.05, 0) is 23.6 Å². The number of nitrogens with one attached hydrogen (secondary N) is 1. The topological polar surface area (TPSA) is 29.1 Å². The van der Waals surface area contributed by atoms with E-state index in [0.717, 1.165) is 0 Å². The lowest BCUT2D eigenvalue weighted by Crippen LogP contribution is -2.34. The second-order valence-electron chi connectivity index (χ2n) is 4.49. The largest absolute Gasteiger partial charge is 0.351 e. The number of carbonyl (C=O) groups excluding carboxylic acids is 1. The number of hydrogen-bond donors (Lipinski definition) is 1. The number of hydrogen-bond acceptors (Lipinski definition) is 1. The molecule has 1 amide bonds. The number of carbonyl (C=O) groups is 1. The molecule has 0 unspecified atom stereocenters. The summed E-state index contributed by atoms with van der Waals surface area (Å²) < 4.78 is 0. The zero-order chi connectivity index (χ0) is 12.2. The fourth-order valence-corrected chi connectivity index (χ4v) is 1.38. The molecule has 0 aliphatic carbocycles. The highest BCUT2D eigenvalue weighted by Crippen LogP contribution is 2.16. The Balaban J connectivity index is 2.60. The van der Waals surface area contributed by atoms with Gasteiger partial charge in [0.2, 0.25) is 0 Å². The minimum Gasteiger partial charge on any atom is -0.351 e. The third-order valence-electron chi connectivity index (χ3n) is 2.18. The highest BCUT2D eigenvalue weighted by Gasteiger charge is 2.17. The maximum atomic E-state index is 11.7. The second-order valence-corrected chi connectivity index (χ2v) is 5.19. The zero-order valence-electron chi connectivity index (χ0n) is 9.39. The highest BCUT2D eigenvalue weighted by molar-refractivity contribution is 6.30. The summed E-state index contributed by atoms with van der Waals surface area (Å²) in [7, 11) is 0. The van der Waals surface area contributed by atoms with Crippen LogP contribution in [0.2, 0.25) is 5.02 Å². The first-order valence-electron chi connectivity index (χ1n) is 5.04. The molecule has 1 aromatic rings. The Morgan fingerprint density at radius 1 is 1.44 bits per heavy atom. The minimum absolute atomic E-state index is 0.101. The zero-order valence-corrected chi connectivity index (χ0v) is 10.9. The molecule has 0 heterocycles. The first-order valence-corrected chi connectivity index (χ1v) is 5.95. The van der Waals surface area contributed by atoms with Gasteiger partial charge in [-0.1, -0.05) is 31.5 Å². The molecule has 1 aromatic carbocycles. The quantitative estimate of drug-likeness (QED) is 0.826. The van der Waals surface area contributed by atoms with Crippen molar-refractivity contribution < 1.29 is 4.79 Å². The second kappa shape index (κ2) is 5.55. The summed E-state index contributed by atoms with van der Waals surface area (Å²) in [5, 5.41) is 3.39. The molecule has 88 valence electrons. The van der Waals surface area contributed by atoms with Crippen molar-refractivity contribution in [3.63, 3.8) is 0 Å². The fourth-order valence-electron chi connectivity index (χ4n) is 1.10. The monoisotopic (exact) mass is 259 g/mol. The van der Waals surface area contributed by atoms with E-state index in [1.807, 2.05) is 13.8 Å². The van der Waals surface area contributed by atoms with Crippen molar-refractivity contribution in [3.8, 4) is 0 Å².